The first-order chi connectivity index (χ1) is 11.5. The summed E-state index contributed by atoms with van der Waals surface area (Å²) in [7, 11) is 0. The predicted octanol–water partition coefficient (Wildman–Crippen LogP) is 3.68. The molecular formula is C20H32N2O2. The predicted molar refractivity (Wildman–Crippen MR) is 98.1 cm³/mol. The Morgan fingerprint density at radius 1 is 1.17 bits per heavy atom. The fraction of sp³-hybridized carbons (Fsp3) is 0.650. The van der Waals surface area contributed by atoms with Crippen molar-refractivity contribution in [2.45, 2.75) is 59.1 Å². The molecule has 24 heavy (non-hydrogen) atoms. The molecule has 0 radical (unpaired) electrons. The molecule has 1 fully saturated rings. The number of piperidine rings is 1. The second kappa shape index (κ2) is 9.07. The highest BCUT2D eigenvalue weighted by Crippen LogP contribution is 2.25. The molecule has 0 aromatic heterocycles. The van der Waals surface area contributed by atoms with Gasteiger partial charge in [-0.25, -0.2) is 0 Å². The van der Waals surface area contributed by atoms with Crippen LogP contribution in [-0.2, 0) is 4.79 Å². The van der Waals surface area contributed by atoms with Crippen molar-refractivity contribution >= 4 is 5.91 Å². The van der Waals surface area contributed by atoms with E-state index in [2.05, 4.69) is 17.6 Å². The Kier molecular flexibility index (Phi) is 7.10. The minimum Gasteiger partial charge on any atom is -0.491 e. The van der Waals surface area contributed by atoms with Crippen LogP contribution in [0.1, 0.15) is 58.6 Å². The van der Waals surface area contributed by atoms with E-state index < -0.39 is 0 Å². The van der Waals surface area contributed by atoms with Crippen LogP contribution < -0.4 is 15.4 Å². The van der Waals surface area contributed by atoms with Crippen LogP contribution in [0.2, 0.25) is 0 Å². The molecule has 1 aliphatic heterocycles. The van der Waals surface area contributed by atoms with Gasteiger partial charge in [-0.2, -0.15) is 0 Å². The number of hydrogen-bond donors (Lipinski definition) is 2. The number of amides is 1. The van der Waals surface area contributed by atoms with Crippen molar-refractivity contribution in [3.05, 3.63) is 29.8 Å². The molecule has 4 heteroatoms. The van der Waals surface area contributed by atoms with Gasteiger partial charge in [0, 0.05) is 6.42 Å². The number of carbonyl (C=O) groups is 1. The van der Waals surface area contributed by atoms with Gasteiger partial charge in [0.25, 0.3) is 0 Å². The van der Waals surface area contributed by atoms with Crippen LogP contribution in [0.5, 0.6) is 5.75 Å². The van der Waals surface area contributed by atoms with Crippen molar-refractivity contribution in [3.8, 4) is 5.75 Å². The number of carbonyl (C=O) groups excluding carboxylic acids is 1. The average molecular weight is 332 g/mol. The van der Waals surface area contributed by atoms with Gasteiger partial charge >= 0.3 is 0 Å². The summed E-state index contributed by atoms with van der Waals surface area (Å²) in [5.41, 5.74) is 1.11. The maximum Gasteiger partial charge on any atom is 0.220 e. The number of hydrogen-bond acceptors (Lipinski definition) is 3. The largest absolute Gasteiger partial charge is 0.491 e. The smallest absolute Gasteiger partial charge is 0.220 e. The monoisotopic (exact) mass is 332 g/mol. The van der Waals surface area contributed by atoms with E-state index in [1.807, 2.05) is 45.0 Å². The average Bonchev–Trinajstić information content (AvgIpc) is 2.55. The van der Waals surface area contributed by atoms with Gasteiger partial charge in [-0.1, -0.05) is 19.1 Å². The Morgan fingerprint density at radius 3 is 2.38 bits per heavy atom. The molecule has 1 heterocycles. The van der Waals surface area contributed by atoms with E-state index in [0.717, 1.165) is 24.4 Å². The molecule has 1 aromatic rings. The van der Waals surface area contributed by atoms with Crippen LogP contribution in [-0.4, -0.2) is 25.1 Å². The Bertz CT molecular complexity index is 507. The van der Waals surface area contributed by atoms with Crippen molar-refractivity contribution in [1.29, 1.82) is 0 Å². The third kappa shape index (κ3) is 5.82. The molecule has 1 amide bonds. The van der Waals surface area contributed by atoms with Crippen LogP contribution in [0.3, 0.4) is 0 Å². The normalized spacial score (nSPS) is 18.2. The maximum atomic E-state index is 12.3. The van der Waals surface area contributed by atoms with Gasteiger partial charge in [0.2, 0.25) is 5.91 Å². The molecule has 0 spiro atoms. The molecule has 1 aromatic carbocycles. The minimum absolute atomic E-state index is 0.0193. The number of rotatable bonds is 7. The van der Waals surface area contributed by atoms with Crippen LogP contribution in [0.25, 0.3) is 0 Å². The van der Waals surface area contributed by atoms with E-state index in [-0.39, 0.29) is 18.1 Å². The van der Waals surface area contributed by atoms with Crippen LogP contribution in [0, 0.1) is 11.8 Å². The van der Waals surface area contributed by atoms with Gasteiger partial charge < -0.3 is 15.4 Å². The number of benzene rings is 1. The standard InChI is InChI=1S/C20H32N2O2/c1-14(2)24-19-7-5-18(6-8-19)16(4)22-20(23)13-15(3)17-9-11-21-12-10-17/h5-8,14-17,21H,9-13H2,1-4H3,(H,22,23). The molecule has 4 nitrogen and oxygen atoms in total. The topological polar surface area (TPSA) is 50.4 Å². The van der Waals surface area contributed by atoms with Crippen LogP contribution >= 0.6 is 0 Å². The molecule has 134 valence electrons. The van der Waals surface area contributed by atoms with E-state index in [4.69, 9.17) is 4.74 Å². The van der Waals surface area contributed by atoms with E-state index in [0.29, 0.717) is 18.3 Å². The minimum atomic E-state index is 0.0193. The van der Waals surface area contributed by atoms with Crippen molar-refractivity contribution in [3.63, 3.8) is 0 Å². The summed E-state index contributed by atoms with van der Waals surface area (Å²) in [6.07, 6.45) is 3.15. The van der Waals surface area contributed by atoms with Gasteiger partial charge in [-0.05, 0) is 76.2 Å². The highest BCUT2D eigenvalue weighted by molar-refractivity contribution is 5.76. The summed E-state index contributed by atoms with van der Waals surface area (Å²) in [6.45, 7) is 10.4. The van der Waals surface area contributed by atoms with E-state index in [9.17, 15) is 4.79 Å². The zero-order chi connectivity index (χ0) is 17.5. The van der Waals surface area contributed by atoms with E-state index in [1.54, 1.807) is 0 Å². The third-order valence-corrected chi connectivity index (χ3v) is 4.83. The second-order valence-corrected chi connectivity index (χ2v) is 7.29. The van der Waals surface area contributed by atoms with Crippen molar-refractivity contribution in [2.24, 2.45) is 11.8 Å². The summed E-state index contributed by atoms with van der Waals surface area (Å²) in [5, 5.41) is 6.51. The first-order valence-corrected chi connectivity index (χ1v) is 9.22. The fourth-order valence-electron chi connectivity index (χ4n) is 3.36. The quantitative estimate of drug-likeness (QED) is 0.801. The molecule has 0 bridgehead atoms. The first kappa shape index (κ1) is 18.8. The van der Waals surface area contributed by atoms with Crippen molar-refractivity contribution < 1.29 is 9.53 Å². The summed E-state index contributed by atoms with van der Waals surface area (Å²) >= 11 is 0. The summed E-state index contributed by atoms with van der Waals surface area (Å²) in [5.74, 6) is 2.13. The molecule has 2 rings (SSSR count). The van der Waals surface area contributed by atoms with Gasteiger partial charge in [0.1, 0.15) is 5.75 Å². The first-order valence-electron chi connectivity index (χ1n) is 9.22. The number of ether oxygens (including phenoxy) is 1. The lowest BCUT2D eigenvalue weighted by atomic mass is 9.84. The summed E-state index contributed by atoms with van der Waals surface area (Å²) in [6, 6.07) is 8.01. The van der Waals surface area contributed by atoms with Crippen molar-refractivity contribution in [2.75, 3.05) is 13.1 Å². The highest BCUT2D eigenvalue weighted by atomic mass is 16.5. The van der Waals surface area contributed by atoms with Gasteiger partial charge in [0.15, 0.2) is 0 Å². The summed E-state index contributed by atoms with van der Waals surface area (Å²) in [4.78, 5) is 12.3. The van der Waals surface area contributed by atoms with Crippen LogP contribution in [0.15, 0.2) is 24.3 Å². The maximum absolute atomic E-state index is 12.3. The lowest BCUT2D eigenvalue weighted by Gasteiger charge is -2.28. The Labute approximate surface area is 146 Å². The van der Waals surface area contributed by atoms with Gasteiger partial charge in [-0.3, -0.25) is 4.79 Å². The molecule has 0 aliphatic carbocycles. The second-order valence-electron chi connectivity index (χ2n) is 7.29. The van der Waals surface area contributed by atoms with Gasteiger partial charge in [-0.15, -0.1) is 0 Å². The number of nitrogens with one attached hydrogen (secondary N) is 2. The Balaban J connectivity index is 1.82. The lowest BCUT2D eigenvalue weighted by molar-refractivity contribution is -0.123. The lowest BCUT2D eigenvalue weighted by Crippen LogP contribution is -2.34. The molecular weight excluding hydrogens is 300 g/mol. The molecule has 0 saturated carbocycles. The van der Waals surface area contributed by atoms with Crippen LogP contribution in [0.4, 0.5) is 0 Å². The third-order valence-electron chi connectivity index (χ3n) is 4.83. The zero-order valence-corrected chi connectivity index (χ0v) is 15.5. The molecule has 1 saturated heterocycles. The Morgan fingerprint density at radius 2 is 1.79 bits per heavy atom. The van der Waals surface area contributed by atoms with Gasteiger partial charge in [0.05, 0.1) is 12.1 Å². The molecule has 2 unspecified atom stereocenters. The molecule has 2 N–H and O–H groups in total. The SMILES string of the molecule is CC(C)Oc1ccc(C(C)NC(=O)CC(C)C2CCNCC2)cc1. The van der Waals surface area contributed by atoms with E-state index >= 15 is 0 Å². The molecule has 2 atom stereocenters. The Hall–Kier alpha value is -1.55. The van der Waals surface area contributed by atoms with E-state index in [1.165, 1.54) is 12.8 Å². The zero-order valence-electron chi connectivity index (χ0n) is 15.5. The summed E-state index contributed by atoms with van der Waals surface area (Å²) < 4.78 is 5.66. The fourth-order valence-corrected chi connectivity index (χ4v) is 3.36. The highest BCUT2D eigenvalue weighted by Gasteiger charge is 2.22. The molecule has 1 aliphatic rings. The van der Waals surface area contributed by atoms with Crippen molar-refractivity contribution in [1.82, 2.24) is 10.6 Å².